The fourth-order valence-corrected chi connectivity index (χ4v) is 2.18. The topological polar surface area (TPSA) is 58.6 Å². The Bertz CT molecular complexity index is 257. The van der Waals surface area contributed by atoms with Crippen LogP contribution in [0.4, 0.5) is 0 Å². The lowest BCUT2D eigenvalue weighted by molar-refractivity contribution is 0.0725. The number of nitrogens with one attached hydrogen (secondary N) is 1. The third-order valence-corrected chi connectivity index (χ3v) is 3.30. The maximum absolute atomic E-state index is 11.5. The number of ether oxygens (including phenoxy) is 1. The molecule has 1 rings (SSSR count). The summed E-state index contributed by atoms with van der Waals surface area (Å²) in [6.07, 6.45) is 1.51. The van der Waals surface area contributed by atoms with Gasteiger partial charge in [0, 0.05) is 19.6 Å². The van der Waals surface area contributed by atoms with Crippen LogP contribution >= 0.6 is 0 Å². The fraction of sp³-hybridized carbons (Fsp3) is 0.714. The predicted octanol–water partition coefficient (Wildman–Crippen LogP) is -0.661. The first kappa shape index (κ1) is 10.6. The maximum atomic E-state index is 11.5. The second kappa shape index (κ2) is 4.71. The van der Waals surface area contributed by atoms with Gasteiger partial charge in [0.1, 0.15) is 0 Å². The summed E-state index contributed by atoms with van der Waals surface area (Å²) < 4.78 is 31.7. The predicted molar refractivity (Wildman–Crippen MR) is 49.5 cm³/mol. The third kappa shape index (κ3) is 3.07. The van der Waals surface area contributed by atoms with Gasteiger partial charge in [0.05, 0.1) is 13.2 Å². The molecule has 13 heavy (non-hydrogen) atoms. The number of hydrogen-bond acceptors (Lipinski definition) is 3. The Labute approximate surface area is 78.6 Å². The van der Waals surface area contributed by atoms with E-state index in [0.29, 0.717) is 26.3 Å². The molecule has 6 heteroatoms. The van der Waals surface area contributed by atoms with Crippen molar-refractivity contribution in [1.29, 1.82) is 0 Å². The van der Waals surface area contributed by atoms with E-state index >= 15 is 0 Å². The first-order chi connectivity index (χ1) is 6.17. The van der Waals surface area contributed by atoms with Crippen LogP contribution in [0.3, 0.4) is 0 Å². The van der Waals surface area contributed by atoms with Crippen molar-refractivity contribution in [2.75, 3.05) is 32.8 Å². The smallest absolute Gasteiger partial charge is 0.279 e. The highest BCUT2D eigenvalue weighted by atomic mass is 32.2. The van der Waals surface area contributed by atoms with Crippen LogP contribution < -0.4 is 4.72 Å². The van der Waals surface area contributed by atoms with E-state index in [1.54, 1.807) is 0 Å². The highest BCUT2D eigenvalue weighted by Crippen LogP contribution is 2.01. The van der Waals surface area contributed by atoms with Crippen molar-refractivity contribution in [2.24, 2.45) is 0 Å². The molecule has 0 aliphatic carbocycles. The van der Waals surface area contributed by atoms with Gasteiger partial charge in [0.2, 0.25) is 0 Å². The van der Waals surface area contributed by atoms with E-state index in [9.17, 15) is 8.42 Å². The van der Waals surface area contributed by atoms with Gasteiger partial charge in [-0.2, -0.15) is 17.4 Å². The van der Waals surface area contributed by atoms with E-state index in [1.807, 2.05) is 0 Å². The van der Waals surface area contributed by atoms with Crippen molar-refractivity contribution in [3.05, 3.63) is 12.7 Å². The molecule has 0 aromatic heterocycles. The molecule has 0 bridgehead atoms. The van der Waals surface area contributed by atoms with Crippen LogP contribution in [-0.2, 0) is 14.9 Å². The zero-order valence-electron chi connectivity index (χ0n) is 7.40. The minimum atomic E-state index is -3.31. The van der Waals surface area contributed by atoms with Gasteiger partial charge < -0.3 is 4.74 Å². The van der Waals surface area contributed by atoms with E-state index in [1.165, 1.54) is 10.4 Å². The Balaban J connectivity index is 2.51. The van der Waals surface area contributed by atoms with Crippen LogP contribution in [-0.4, -0.2) is 45.6 Å². The monoisotopic (exact) mass is 206 g/mol. The molecule has 1 saturated heterocycles. The third-order valence-electron chi connectivity index (χ3n) is 1.72. The molecule has 0 amide bonds. The highest BCUT2D eigenvalue weighted by molar-refractivity contribution is 7.87. The summed E-state index contributed by atoms with van der Waals surface area (Å²) in [5.74, 6) is 0. The van der Waals surface area contributed by atoms with E-state index in [2.05, 4.69) is 11.3 Å². The molecular weight excluding hydrogens is 192 g/mol. The van der Waals surface area contributed by atoms with Gasteiger partial charge in [0.25, 0.3) is 10.2 Å². The molecule has 1 fully saturated rings. The van der Waals surface area contributed by atoms with Crippen LogP contribution in [0.15, 0.2) is 12.7 Å². The molecule has 0 atom stereocenters. The Morgan fingerprint density at radius 2 is 2.08 bits per heavy atom. The summed E-state index contributed by atoms with van der Waals surface area (Å²) in [5, 5.41) is 0. The summed E-state index contributed by atoms with van der Waals surface area (Å²) in [4.78, 5) is 0. The molecule has 0 aromatic carbocycles. The molecule has 0 radical (unpaired) electrons. The first-order valence-corrected chi connectivity index (χ1v) is 5.54. The molecular formula is C7H14N2O3S. The van der Waals surface area contributed by atoms with E-state index in [4.69, 9.17) is 4.74 Å². The molecule has 1 aliphatic heterocycles. The zero-order chi connectivity index (χ0) is 9.73. The SMILES string of the molecule is C=CCNS(=O)(=O)N1CCOCC1. The molecule has 1 N–H and O–H groups in total. The highest BCUT2D eigenvalue weighted by Gasteiger charge is 2.22. The lowest BCUT2D eigenvalue weighted by Gasteiger charge is -2.25. The van der Waals surface area contributed by atoms with E-state index in [-0.39, 0.29) is 6.54 Å². The van der Waals surface area contributed by atoms with Crippen molar-refractivity contribution >= 4 is 10.2 Å². The van der Waals surface area contributed by atoms with Gasteiger partial charge >= 0.3 is 0 Å². The molecule has 5 nitrogen and oxygen atoms in total. The van der Waals surface area contributed by atoms with Crippen LogP contribution in [0.2, 0.25) is 0 Å². The largest absolute Gasteiger partial charge is 0.379 e. The van der Waals surface area contributed by atoms with Gasteiger partial charge in [-0.1, -0.05) is 6.08 Å². The quantitative estimate of drug-likeness (QED) is 0.621. The van der Waals surface area contributed by atoms with Crippen LogP contribution in [0.5, 0.6) is 0 Å². The number of morpholine rings is 1. The summed E-state index contributed by atoms with van der Waals surface area (Å²) in [6.45, 7) is 5.48. The number of nitrogens with zero attached hydrogens (tertiary/aromatic N) is 1. The zero-order valence-corrected chi connectivity index (χ0v) is 8.22. The molecule has 0 saturated carbocycles. The number of rotatable bonds is 4. The average molecular weight is 206 g/mol. The minimum Gasteiger partial charge on any atom is -0.379 e. The lowest BCUT2D eigenvalue weighted by Crippen LogP contribution is -2.46. The minimum absolute atomic E-state index is 0.264. The lowest BCUT2D eigenvalue weighted by atomic mass is 10.5. The first-order valence-electron chi connectivity index (χ1n) is 4.10. The van der Waals surface area contributed by atoms with Gasteiger partial charge in [-0.25, -0.2) is 0 Å². The van der Waals surface area contributed by atoms with Gasteiger partial charge in [-0.15, -0.1) is 6.58 Å². The Morgan fingerprint density at radius 3 is 2.62 bits per heavy atom. The molecule has 1 heterocycles. The van der Waals surface area contributed by atoms with Crippen molar-refractivity contribution in [1.82, 2.24) is 9.03 Å². The fourth-order valence-electron chi connectivity index (χ4n) is 1.04. The average Bonchev–Trinajstić information content (AvgIpc) is 2.16. The molecule has 0 aromatic rings. The molecule has 0 spiro atoms. The second-order valence-corrected chi connectivity index (χ2v) is 4.41. The summed E-state index contributed by atoms with van der Waals surface area (Å²) in [7, 11) is -3.31. The van der Waals surface area contributed by atoms with E-state index in [0.717, 1.165) is 0 Å². The summed E-state index contributed by atoms with van der Waals surface area (Å²) >= 11 is 0. The summed E-state index contributed by atoms with van der Waals surface area (Å²) in [5.41, 5.74) is 0. The van der Waals surface area contributed by atoms with Crippen LogP contribution in [0.25, 0.3) is 0 Å². The summed E-state index contributed by atoms with van der Waals surface area (Å²) in [6, 6.07) is 0. The molecule has 76 valence electrons. The Kier molecular flexibility index (Phi) is 3.86. The second-order valence-electron chi connectivity index (χ2n) is 2.65. The normalized spacial score (nSPS) is 20.0. The Hall–Kier alpha value is -0.430. The molecule has 0 unspecified atom stereocenters. The van der Waals surface area contributed by atoms with Crippen molar-refractivity contribution in [2.45, 2.75) is 0 Å². The maximum Gasteiger partial charge on any atom is 0.279 e. The van der Waals surface area contributed by atoms with Gasteiger partial charge in [0.15, 0.2) is 0 Å². The van der Waals surface area contributed by atoms with Gasteiger partial charge in [-0.3, -0.25) is 0 Å². The van der Waals surface area contributed by atoms with Crippen molar-refractivity contribution in [3.8, 4) is 0 Å². The van der Waals surface area contributed by atoms with Crippen molar-refractivity contribution < 1.29 is 13.2 Å². The van der Waals surface area contributed by atoms with Crippen LogP contribution in [0, 0.1) is 0 Å². The standard InChI is InChI=1S/C7H14N2O3S/c1-2-3-8-13(10,11)9-4-6-12-7-5-9/h2,8H,1,3-7H2. The van der Waals surface area contributed by atoms with Gasteiger partial charge in [-0.05, 0) is 0 Å². The van der Waals surface area contributed by atoms with Crippen molar-refractivity contribution in [3.63, 3.8) is 0 Å². The number of hydrogen-bond donors (Lipinski definition) is 1. The Morgan fingerprint density at radius 1 is 1.46 bits per heavy atom. The van der Waals surface area contributed by atoms with Crippen LogP contribution in [0.1, 0.15) is 0 Å². The van der Waals surface area contributed by atoms with E-state index < -0.39 is 10.2 Å². The molecule has 1 aliphatic rings.